The van der Waals surface area contributed by atoms with E-state index in [0.717, 1.165) is 23.9 Å². The number of aryl methyl sites for hydroxylation is 1. The van der Waals surface area contributed by atoms with Gasteiger partial charge in [-0.15, -0.1) is 0 Å². The lowest BCUT2D eigenvalue weighted by atomic mass is 10.00. The van der Waals surface area contributed by atoms with Gasteiger partial charge in [0.25, 0.3) is 0 Å². The molecule has 0 aliphatic carbocycles. The number of rotatable bonds is 0. The van der Waals surface area contributed by atoms with Crippen LogP contribution in [0, 0.1) is 5.82 Å². The number of hydrogen-bond acceptors (Lipinski definition) is 1. The van der Waals surface area contributed by atoms with Gasteiger partial charge in [0.05, 0.1) is 5.52 Å². The molecule has 2 heterocycles. The number of hydrogen-bond donors (Lipinski definition) is 1. The van der Waals surface area contributed by atoms with Crippen molar-refractivity contribution in [1.29, 1.82) is 0 Å². The molecule has 1 aromatic heterocycles. The standard InChI is InChI=1S/C13H15FN2/c1-8-13-9(6-7-15-8)12-10(14)4-3-5-11(12)16(13)2/h3-5,8,15H,6-7H2,1-2H3. The highest BCUT2D eigenvalue weighted by atomic mass is 19.1. The second-order valence-electron chi connectivity index (χ2n) is 4.48. The second kappa shape index (κ2) is 3.32. The van der Waals surface area contributed by atoms with Gasteiger partial charge in [-0.3, -0.25) is 0 Å². The summed E-state index contributed by atoms with van der Waals surface area (Å²) in [5.74, 6) is -0.0940. The van der Waals surface area contributed by atoms with E-state index in [1.54, 1.807) is 12.1 Å². The minimum Gasteiger partial charge on any atom is -0.346 e. The van der Waals surface area contributed by atoms with E-state index >= 15 is 0 Å². The molecule has 84 valence electrons. The highest BCUT2D eigenvalue weighted by Crippen LogP contribution is 2.33. The minimum absolute atomic E-state index is 0.0940. The molecule has 1 aliphatic rings. The Kier molecular flexibility index (Phi) is 2.04. The molecule has 3 rings (SSSR count). The number of halogens is 1. The number of aromatic nitrogens is 1. The summed E-state index contributed by atoms with van der Waals surface area (Å²) in [6.07, 6.45) is 0.915. The summed E-state index contributed by atoms with van der Waals surface area (Å²) in [4.78, 5) is 0. The summed E-state index contributed by atoms with van der Waals surface area (Å²) in [6, 6.07) is 5.63. The molecule has 2 aromatic rings. The maximum absolute atomic E-state index is 13.9. The lowest BCUT2D eigenvalue weighted by Gasteiger charge is -2.22. The van der Waals surface area contributed by atoms with E-state index in [9.17, 15) is 4.39 Å². The third kappa shape index (κ3) is 1.15. The van der Waals surface area contributed by atoms with Gasteiger partial charge in [0.1, 0.15) is 5.82 Å². The van der Waals surface area contributed by atoms with Crippen LogP contribution >= 0.6 is 0 Å². The fourth-order valence-electron chi connectivity index (χ4n) is 2.87. The van der Waals surface area contributed by atoms with Crippen molar-refractivity contribution >= 4 is 10.9 Å². The average molecular weight is 218 g/mol. The Morgan fingerprint density at radius 1 is 1.44 bits per heavy atom. The Labute approximate surface area is 94.1 Å². The van der Waals surface area contributed by atoms with Crippen LogP contribution in [0.15, 0.2) is 18.2 Å². The van der Waals surface area contributed by atoms with Gasteiger partial charge in [-0.25, -0.2) is 4.39 Å². The summed E-state index contributed by atoms with van der Waals surface area (Å²) in [6.45, 7) is 3.07. The van der Waals surface area contributed by atoms with Gasteiger partial charge in [0.2, 0.25) is 0 Å². The lowest BCUT2D eigenvalue weighted by Crippen LogP contribution is -2.28. The molecule has 1 aliphatic heterocycles. The topological polar surface area (TPSA) is 17.0 Å². The van der Waals surface area contributed by atoms with Gasteiger partial charge < -0.3 is 9.88 Å². The maximum atomic E-state index is 13.9. The van der Waals surface area contributed by atoms with E-state index in [-0.39, 0.29) is 5.82 Å². The van der Waals surface area contributed by atoms with Crippen molar-refractivity contribution in [2.45, 2.75) is 19.4 Å². The van der Waals surface area contributed by atoms with Crippen molar-refractivity contribution in [3.05, 3.63) is 35.3 Å². The van der Waals surface area contributed by atoms with E-state index < -0.39 is 0 Å². The van der Waals surface area contributed by atoms with Gasteiger partial charge in [0.15, 0.2) is 0 Å². The first kappa shape index (κ1) is 9.85. The minimum atomic E-state index is -0.0940. The van der Waals surface area contributed by atoms with Crippen molar-refractivity contribution in [2.75, 3.05) is 6.54 Å². The molecule has 3 heteroatoms. The van der Waals surface area contributed by atoms with Crippen LogP contribution in [0.1, 0.15) is 24.2 Å². The van der Waals surface area contributed by atoms with Crippen LogP contribution in [0.5, 0.6) is 0 Å². The number of benzene rings is 1. The smallest absolute Gasteiger partial charge is 0.132 e. The highest BCUT2D eigenvalue weighted by Gasteiger charge is 2.24. The molecule has 1 aromatic carbocycles. The van der Waals surface area contributed by atoms with E-state index in [1.165, 1.54) is 11.3 Å². The van der Waals surface area contributed by atoms with Crippen LogP contribution in [-0.2, 0) is 13.5 Å². The first-order chi connectivity index (χ1) is 7.70. The average Bonchev–Trinajstić information content (AvgIpc) is 2.56. The predicted molar refractivity (Wildman–Crippen MR) is 63.0 cm³/mol. The van der Waals surface area contributed by atoms with Gasteiger partial charge in [0, 0.05) is 24.2 Å². The summed E-state index contributed by atoms with van der Waals surface area (Å²) < 4.78 is 16.0. The van der Waals surface area contributed by atoms with Crippen LogP contribution in [0.3, 0.4) is 0 Å². The molecule has 1 N–H and O–H groups in total. The van der Waals surface area contributed by atoms with Gasteiger partial charge >= 0.3 is 0 Å². The molecule has 2 nitrogen and oxygen atoms in total. The van der Waals surface area contributed by atoms with Gasteiger partial charge in [-0.05, 0) is 37.6 Å². The van der Waals surface area contributed by atoms with Crippen molar-refractivity contribution in [1.82, 2.24) is 9.88 Å². The SMILES string of the molecule is CC1NCCc2c1n(C)c1cccc(F)c21. The molecule has 1 unspecified atom stereocenters. The molecule has 0 spiro atoms. The van der Waals surface area contributed by atoms with Crippen LogP contribution < -0.4 is 5.32 Å². The molecule has 0 saturated carbocycles. The number of nitrogens with one attached hydrogen (secondary N) is 1. The third-order valence-electron chi connectivity index (χ3n) is 3.56. The quantitative estimate of drug-likeness (QED) is 0.719. The zero-order valence-corrected chi connectivity index (χ0v) is 9.55. The largest absolute Gasteiger partial charge is 0.346 e. The third-order valence-corrected chi connectivity index (χ3v) is 3.56. The van der Waals surface area contributed by atoms with E-state index in [4.69, 9.17) is 0 Å². The zero-order valence-electron chi connectivity index (χ0n) is 9.55. The predicted octanol–water partition coefficient (Wildman–Crippen LogP) is 2.52. The molecular weight excluding hydrogens is 203 g/mol. The summed E-state index contributed by atoms with van der Waals surface area (Å²) in [5.41, 5.74) is 3.41. The molecule has 0 bridgehead atoms. The lowest BCUT2D eigenvalue weighted by molar-refractivity contribution is 0.515. The van der Waals surface area contributed by atoms with Crippen molar-refractivity contribution in [3.8, 4) is 0 Å². The zero-order chi connectivity index (χ0) is 11.3. The number of nitrogens with zero attached hydrogens (tertiary/aromatic N) is 1. The van der Waals surface area contributed by atoms with Crippen molar-refractivity contribution in [3.63, 3.8) is 0 Å². The van der Waals surface area contributed by atoms with Crippen LogP contribution in [0.2, 0.25) is 0 Å². The number of fused-ring (bicyclic) bond motifs is 3. The molecule has 0 fully saturated rings. The molecular formula is C13H15FN2. The van der Waals surface area contributed by atoms with Gasteiger partial charge in [-0.1, -0.05) is 6.07 Å². The maximum Gasteiger partial charge on any atom is 0.132 e. The van der Waals surface area contributed by atoms with Crippen molar-refractivity contribution < 1.29 is 4.39 Å². The Morgan fingerprint density at radius 2 is 2.25 bits per heavy atom. The first-order valence-corrected chi connectivity index (χ1v) is 5.69. The van der Waals surface area contributed by atoms with Gasteiger partial charge in [-0.2, -0.15) is 0 Å². The van der Waals surface area contributed by atoms with E-state index in [0.29, 0.717) is 6.04 Å². The van der Waals surface area contributed by atoms with Crippen LogP contribution in [0.4, 0.5) is 4.39 Å². The normalized spacial score (nSPS) is 20.1. The molecule has 0 radical (unpaired) electrons. The Morgan fingerprint density at radius 3 is 3.06 bits per heavy atom. The summed E-state index contributed by atoms with van der Waals surface area (Å²) >= 11 is 0. The monoisotopic (exact) mass is 218 g/mol. The van der Waals surface area contributed by atoms with Crippen LogP contribution in [-0.4, -0.2) is 11.1 Å². The Bertz CT molecular complexity index is 557. The molecule has 1 atom stereocenters. The summed E-state index contributed by atoms with van der Waals surface area (Å²) in [5, 5.41) is 4.23. The fraction of sp³-hybridized carbons (Fsp3) is 0.385. The highest BCUT2D eigenvalue weighted by molar-refractivity contribution is 5.86. The summed E-state index contributed by atoms with van der Waals surface area (Å²) in [7, 11) is 2.02. The fourth-order valence-corrected chi connectivity index (χ4v) is 2.87. The van der Waals surface area contributed by atoms with E-state index in [2.05, 4.69) is 16.8 Å². The Balaban J connectivity index is 2.44. The molecule has 0 saturated heterocycles. The van der Waals surface area contributed by atoms with Crippen LogP contribution in [0.25, 0.3) is 10.9 Å². The molecule has 16 heavy (non-hydrogen) atoms. The Hall–Kier alpha value is -1.35. The molecule has 0 amide bonds. The second-order valence-corrected chi connectivity index (χ2v) is 4.48. The van der Waals surface area contributed by atoms with Crippen molar-refractivity contribution in [2.24, 2.45) is 7.05 Å². The van der Waals surface area contributed by atoms with E-state index in [1.807, 2.05) is 13.1 Å². The first-order valence-electron chi connectivity index (χ1n) is 5.69.